The Balaban J connectivity index is 1.70. The smallest absolute Gasteiger partial charge is 0.332 e. The topological polar surface area (TPSA) is 73.4 Å². The Morgan fingerprint density at radius 1 is 0.824 bits per heavy atom. The third kappa shape index (κ3) is 5.32. The van der Waals surface area contributed by atoms with Gasteiger partial charge in [-0.3, -0.25) is 0 Å². The van der Waals surface area contributed by atoms with Crippen LogP contribution in [0, 0.1) is 0 Å². The molecule has 7 heteroatoms. The second-order valence-electron chi connectivity index (χ2n) is 8.03. The molecule has 0 saturated carbocycles. The van der Waals surface area contributed by atoms with Gasteiger partial charge in [-0.15, -0.1) is 0 Å². The molecule has 0 unspecified atom stereocenters. The summed E-state index contributed by atoms with van der Waals surface area (Å²) < 4.78 is 0. The number of benzene rings is 3. The zero-order valence-corrected chi connectivity index (χ0v) is 19.5. The number of rotatable bonds is 7. The maximum Gasteiger partial charge on any atom is 0.332 e. The first-order valence-corrected chi connectivity index (χ1v) is 11.1. The van der Waals surface area contributed by atoms with Crippen LogP contribution in [0.25, 0.3) is 0 Å². The molecule has 0 aliphatic rings. The number of amides is 2. The van der Waals surface area contributed by atoms with E-state index in [4.69, 9.17) is 4.98 Å². The summed E-state index contributed by atoms with van der Waals surface area (Å²) in [5.74, 6) is 0.897. The lowest BCUT2D eigenvalue weighted by molar-refractivity contribution is 0.259. The van der Waals surface area contributed by atoms with E-state index in [0.29, 0.717) is 23.1 Å². The molecule has 34 heavy (non-hydrogen) atoms. The third-order valence-corrected chi connectivity index (χ3v) is 5.35. The Morgan fingerprint density at radius 3 is 2.12 bits per heavy atom. The van der Waals surface area contributed by atoms with E-state index in [0.717, 1.165) is 11.3 Å². The van der Waals surface area contributed by atoms with Crippen LogP contribution in [0.1, 0.15) is 18.5 Å². The molecule has 1 aromatic heterocycles. The van der Waals surface area contributed by atoms with Crippen LogP contribution in [0.4, 0.5) is 33.6 Å². The van der Waals surface area contributed by atoms with Crippen molar-refractivity contribution < 1.29 is 4.79 Å². The van der Waals surface area contributed by atoms with Crippen LogP contribution >= 0.6 is 0 Å². The fraction of sp³-hybridized carbons (Fsp3) is 0.148. The van der Waals surface area contributed by atoms with Gasteiger partial charge >= 0.3 is 6.03 Å². The summed E-state index contributed by atoms with van der Waals surface area (Å²) in [6.07, 6.45) is 1.66. The molecule has 0 spiro atoms. The second-order valence-corrected chi connectivity index (χ2v) is 8.03. The number of carbonyl (C=O) groups excluding carboxylic acids is 1. The molecule has 0 radical (unpaired) electrons. The molecule has 2 amide bonds. The number of para-hydroxylation sites is 3. The molecule has 1 heterocycles. The van der Waals surface area contributed by atoms with Gasteiger partial charge < -0.3 is 15.5 Å². The average molecular weight is 453 g/mol. The van der Waals surface area contributed by atoms with Crippen molar-refractivity contribution in [1.29, 1.82) is 0 Å². The molecule has 0 aliphatic heterocycles. The SMILES string of the molecule is C[C@H](Nc1nccc(N(C(=O)Nc2ccccc2)c2ccccc2N(C)C)n1)c1ccccc1. The van der Waals surface area contributed by atoms with Crippen LogP contribution in [-0.4, -0.2) is 30.1 Å². The molecular formula is C27H28N6O. The largest absolute Gasteiger partial charge is 0.376 e. The highest BCUT2D eigenvalue weighted by Gasteiger charge is 2.23. The van der Waals surface area contributed by atoms with E-state index in [-0.39, 0.29) is 12.1 Å². The predicted octanol–water partition coefficient (Wildman–Crippen LogP) is 6.09. The van der Waals surface area contributed by atoms with Gasteiger partial charge in [0, 0.05) is 32.0 Å². The lowest BCUT2D eigenvalue weighted by atomic mass is 10.1. The van der Waals surface area contributed by atoms with Gasteiger partial charge in [0.2, 0.25) is 5.95 Å². The average Bonchev–Trinajstić information content (AvgIpc) is 2.86. The number of hydrogen-bond acceptors (Lipinski definition) is 5. The van der Waals surface area contributed by atoms with Crippen molar-refractivity contribution in [3.63, 3.8) is 0 Å². The van der Waals surface area contributed by atoms with Gasteiger partial charge in [-0.05, 0) is 36.8 Å². The molecule has 1 atom stereocenters. The first-order valence-electron chi connectivity index (χ1n) is 11.1. The van der Waals surface area contributed by atoms with Gasteiger partial charge in [0.25, 0.3) is 0 Å². The van der Waals surface area contributed by atoms with E-state index in [1.807, 2.05) is 98.7 Å². The Morgan fingerprint density at radius 2 is 1.44 bits per heavy atom. The molecule has 4 rings (SSSR count). The molecular weight excluding hydrogens is 424 g/mol. The highest BCUT2D eigenvalue weighted by Crippen LogP contribution is 2.33. The van der Waals surface area contributed by atoms with Gasteiger partial charge in [-0.1, -0.05) is 60.7 Å². The number of urea groups is 1. The van der Waals surface area contributed by atoms with E-state index < -0.39 is 0 Å². The standard InChI is InChI=1S/C27H28N6O/c1-20(21-12-6-4-7-13-21)29-26-28-19-18-25(31-26)33(24-17-11-10-16-23(24)32(2)3)27(34)30-22-14-8-5-9-15-22/h4-20H,1-3H3,(H,30,34)(H,28,29,31)/t20-/m0/s1. The van der Waals surface area contributed by atoms with Crippen LogP contribution in [0.5, 0.6) is 0 Å². The monoisotopic (exact) mass is 452 g/mol. The van der Waals surface area contributed by atoms with E-state index in [1.54, 1.807) is 17.2 Å². The van der Waals surface area contributed by atoms with Crippen molar-refractivity contribution in [3.8, 4) is 0 Å². The highest BCUT2D eigenvalue weighted by molar-refractivity contribution is 6.08. The predicted molar refractivity (Wildman–Crippen MR) is 139 cm³/mol. The third-order valence-electron chi connectivity index (χ3n) is 5.35. The molecule has 4 aromatic rings. The number of carbonyl (C=O) groups is 1. The Labute approximate surface area is 200 Å². The quantitative estimate of drug-likeness (QED) is 0.355. The van der Waals surface area contributed by atoms with E-state index in [2.05, 4.69) is 27.8 Å². The number of nitrogens with zero attached hydrogens (tertiary/aromatic N) is 4. The fourth-order valence-electron chi connectivity index (χ4n) is 3.63. The van der Waals surface area contributed by atoms with Crippen molar-refractivity contribution in [2.24, 2.45) is 0 Å². The van der Waals surface area contributed by atoms with Crippen LogP contribution in [-0.2, 0) is 0 Å². The summed E-state index contributed by atoms with van der Waals surface area (Å²) in [5, 5.41) is 6.32. The summed E-state index contributed by atoms with van der Waals surface area (Å²) in [7, 11) is 3.89. The number of hydrogen-bond donors (Lipinski definition) is 2. The summed E-state index contributed by atoms with van der Waals surface area (Å²) >= 11 is 0. The molecule has 3 aromatic carbocycles. The number of anilines is 5. The molecule has 172 valence electrons. The summed E-state index contributed by atoms with van der Waals surface area (Å²) in [6, 6.07) is 28.6. The van der Waals surface area contributed by atoms with Crippen molar-refractivity contribution in [2.45, 2.75) is 13.0 Å². The zero-order valence-electron chi connectivity index (χ0n) is 19.5. The Hall–Kier alpha value is -4.39. The Bertz CT molecular complexity index is 1230. The van der Waals surface area contributed by atoms with Crippen LogP contribution < -0.4 is 20.4 Å². The highest BCUT2D eigenvalue weighted by atomic mass is 16.2. The normalized spacial score (nSPS) is 11.4. The number of nitrogens with one attached hydrogen (secondary N) is 2. The van der Waals surface area contributed by atoms with Crippen LogP contribution in [0.3, 0.4) is 0 Å². The summed E-state index contributed by atoms with van der Waals surface area (Å²) in [6.45, 7) is 2.05. The lowest BCUT2D eigenvalue weighted by Crippen LogP contribution is -2.33. The van der Waals surface area contributed by atoms with Crippen molar-refractivity contribution in [1.82, 2.24) is 9.97 Å². The minimum absolute atomic E-state index is 0.00268. The first kappa shape index (κ1) is 22.8. The van der Waals surface area contributed by atoms with E-state index in [9.17, 15) is 4.79 Å². The van der Waals surface area contributed by atoms with Gasteiger partial charge in [-0.2, -0.15) is 4.98 Å². The maximum atomic E-state index is 13.6. The van der Waals surface area contributed by atoms with E-state index in [1.165, 1.54) is 0 Å². The van der Waals surface area contributed by atoms with Crippen molar-refractivity contribution in [3.05, 3.63) is 103 Å². The molecule has 2 N–H and O–H groups in total. The zero-order chi connectivity index (χ0) is 23.9. The molecule has 0 fully saturated rings. The van der Waals surface area contributed by atoms with Gasteiger partial charge in [0.1, 0.15) is 5.82 Å². The fourth-order valence-corrected chi connectivity index (χ4v) is 3.63. The molecule has 7 nitrogen and oxygen atoms in total. The Kier molecular flexibility index (Phi) is 7.03. The minimum Gasteiger partial charge on any atom is -0.376 e. The second kappa shape index (κ2) is 10.5. The van der Waals surface area contributed by atoms with Crippen LogP contribution in [0.15, 0.2) is 97.2 Å². The summed E-state index contributed by atoms with van der Waals surface area (Å²) in [4.78, 5) is 26.2. The van der Waals surface area contributed by atoms with Crippen molar-refractivity contribution >= 4 is 34.9 Å². The van der Waals surface area contributed by atoms with E-state index >= 15 is 0 Å². The molecule has 0 bridgehead atoms. The molecule has 0 saturated heterocycles. The lowest BCUT2D eigenvalue weighted by Gasteiger charge is -2.27. The van der Waals surface area contributed by atoms with Gasteiger partial charge in [0.05, 0.1) is 17.4 Å². The van der Waals surface area contributed by atoms with Gasteiger partial charge in [-0.25, -0.2) is 14.7 Å². The first-order chi connectivity index (χ1) is 16.5. The summed E-state index contributed by atoms with van der Waals surface area (Å²) in [5.41, 5.74) is 3.41. The maximum absolute atomic E-state index is 13.6. The van der Waals surface area contributed by atoms with Crippen molar-refractivity contribution in [2.75, 3.05) is 34.5 Å². The number of aromatic nitrogens is 2. The molecule has 0 aliphatic carbocycles. The minimum atomic E-state index is -0.318. The van der Waals surface area contributed by atoms with Gasteiger partial charge in [0.15, 0.2) is 0 Å². The van der Waals surface area contributed by atoms with Crippen LogP contribution in [0.2, 0.25) is 0 Å².